The predicted molar refractivity (Wildman–Crippen MR) is 107 cm³/mol. The van der Waals surface area contributed by atoms with E-state index in [0.717, 1.165) is 38.6 Å². The molecule has 1 rings (SSSR count). The van der Waals surface area contributed by atoms with Gasteiger partial charge < -0.3 is 20.7 Å². The average molecular weight is 449 g/mol. The van der Waals surface area contributed by atoms with E-state index in [2.05, 4.69) is 25.9 Å². The van der Waals surface area contributed by atoms with Crippen LogP contribution in [0.2, 0.25) is 0 Å². The van der Waals surface area contributed by atoms with Crippen molar-refractivity contribution >= 4 is 35.8 Å². The van der Waals surface area contributed by atoms with Crippen LogP contribution in [0.15, 0.2) is 29.5 Å². The van der Waals surface area contributed by atoms with Gasteiger partial charge in [-0.3, -0.25) is 14.8 Å². The molecule has 1 aromatic rings. The maximum Gasteiger partial charge on any atom is 0.252 e. The largest absolute Gasteiger partial charge is 0.382 e. The van der Waals surface area contributed by atoms with Crippen LogP contribution in [-0.2, 0) is 4.74 Å². The molecule has 0 aliphatic rings. The number of hydrogen-bond donors (Lipinski definition) is 3. The highest BCUT2D eigenvalue weighted by atomic mass is 127. The van der Waals surface area contributed by atoms with Gasteiger partial charge in [-0.25, -0.2) is 0 Å². The molecule has 0 bridgehead atoms. The van der Waals surface area contributed by atoms with Crippen LogP contribution >= 0.6 is 24.0 Å². The Morgan fingerprint density at radius 3 is 2.62 bits per heavy atom. The SMILES string of the molecule is CCOCCCCNC(=NC)NCCNC(=O)c1cccnc1.I. The molecule has 1 heterocycles. The molecule has 0 aromatic carbocycles. The lowest BCUT2D eigenvalue weighted by Gasteiger charge is -2.12. The second-order valence-electron chi connectivity index (χ2n) is 4.83. The van der Waals surface area contributed by atoms with Gasteiger partial charge >= 0.3 is 0 Å². The number of carbonyl (C=O) groups excluding carboxylic acids is 1. The Morgan fingerprint density at radius 1 is 1.21 bits per heavy atom. The summed E-state index contributed by atoms with van der Waals surface area (Å²) in [6.45, 7) is 5.52. The number of ether oxygens (including phenoxy) is 1. The van der Waals surface area contributed by atoms with Gasteiger partial charge in [0.15, 0.2) is 5.96 Å². The number of pyridine rings is 1. The number of carbonyl (C=O) groups is 1. The minimum Gasteiger partial charge on any atom is -0.382 e. The number of nitrogens with one attached hydrogen (secondary N) is 3. The molecule has 0 saturated carbocycles. The zero-order valence-corrected chi connectivity index (χ0v) is 16.7. The number of unbranched alkanes of at least 4 members (excludes halogenated alkanes) is 1. The van der Waals surface area contributed by atoms with E-state index in [1.54, 1.807) is 31.6 Å². The molecule has 136 valence electrons. The fraction of sp³-hybridized carbons (Fsp3) is 0.562. The third-order valence-electron chi connectivity index (χ3n) is 3.06. The van der Waals surface area contributed by atoms with Crippen LogP contribution in [0.5, 0.6) is 0 Å². The molecule has 0 aliphatic carbocycles. The molecule has 0 unspecified atom stereocenters. The standard InChI is InChI=1S/C16H27N5O2.HI/c1-3-23-12-5-4-9-20-16(17-2)21-11-10-19-15(22)14-7-6-8-18-13-14;/h6-8,13H,3-5,9-12H2,1-2H3,(H,19,22)(H2,17,20,21);1H. The number of aliphatic imine (C=N–C) groups is 1. The lowest BCUT2D eigenvalue weighted by Crippen LogP contribution is -2.41. The molecule has 0 radical (unpaired) electrons. The summed E-state index contributed by atoms with van der Waals surface area (Å²) in [6, 6.07) is 3.48. The number of aromatic nitrogens is 1. The van der Waals surface area contributed by atoms with Gasteiger partial charge in [0.25, 0.3) is 5.91 Å². The van der Waals surface area contributed by atoms with Gasteiger partial charge in [-0.15, -0.1) is 24.0 Å². The van der Waals surface area contributed by atoms with Crippen molar-refractivity contribution in [3.8, 4) is 0 Å². The Labute approximate surface area is 161 Å². The minimum absolute atomic E-state index is 0. The first-order chi connectivity index (χ1) is 11.3. The van der Waals surface area contributed by atoms with Gasteiger partial charge in [-0.05, 0) is 31.9 Å². The number of halogens is 1. The maximum atomic E-state index is 11.8. The van der Waals surface area contributed by atoms with Gasteiger partial charge in [-0.2, -0.15) is 0 Å². The van der Waals surface area contributed by atoms with Gasteiger partial charge in [-0.1, -0.05) is 0 Å². The molecule has 0 fully saturated rings. The Balaban J connectivity index is 0.00000529. The molecule has 7 nitrogen and oxygen atoms in total. The van der Waals surface area contributed by atoms with Crippen molar-refractivity contribution in [2.45, 2.75) is 19.8 Å². The number of hydrogen-bond acceptors (Lipinski definition) is 4. The maximum absolute atomic E-state index is 11.8. The van der Waals surface area contributed by atoms with Crippen molar-refractivity contribution in [3.05, 3.63) is 30.1 Å². The lowest BCUT2D eigenvalue weighted by molar-refractivity contribution is 0.0954. The van der Waals surface area contributed by atoms with Crippen LogP contribution < -0.4 is 16.0 Å². The summed E-state index contributed by atoms with van der Waals surface area (Å²) in [5.74, 6) is 0.607. The van der Waals surface area contributed by atoms with Crippen LogP contribution in [0.4, 0.5) is 0 Å². The summed E-state index contributed by atoms with van der Waals surface area (Å²) in [6.07, 6.45) is 5.24. The van der Waals surface area contributed by atoms with Crippen molar-refractivity contribution in [2.24, 2.45) is 4.99 Å². The van der Waals surface area contributed by atoms with E-state index in [4.69, 9.17) is 4.74 Å². The van der Waals surface area contributed by atoms with Gasteiger partial charge in [0.2, 0.25) is 0 Å². The molecule has 24 heavy (non-hydrogen) atoms. The molecule has 1 aromatic heterocycles. The normalized spacial score (nSPS) is 10.7. The van der Waals surface area contributed by atoms with E-state index < -0.39 is 0 Å². The van der Waals surface area contributed by atoms with Crippen LogP contribution in [-0.4, -0.2) is 56.7 Å². The third-order valence-corrected chi connectivity index (χ3v) is 3.06. The average Bonchev–Trinajstić information content (AvgIpc) is 2.60. The fourth-order valence-electron chi connectivity index (χ4n) is 1.86. The molecular formula is C16H28IN5O2. The van der Waals surface area contributed by atoms with Crippen LogP contribution in [0.3, 0.4) is 0 Å². The first-order valence-corrected chi connectivity index (χ1v) is 7.98. The number of amides is 1. The lowest BCUT2D eigenvalue weighted by atomic mass is 10.3. The smallest absolute Gasteiger partial charge is 0.252 e. The van der Waals surface area contributed by atoms with Crippen molar-refractivity contribution < 1.29 is 9.53 Å². The molecule has 0 spiro atoms. The molecule has 0 saturated heterocycles. The fourth-order valence-corrected chi connectivity index (χ4v) is 1.86. The van der Waals surface area contributed by atoms with Crippen LogP contribution in [0.1, 0.15) is 30.1 Å². The predicted octanol–water partition coefficient (Wildman–Crippen LogP) is 1.41. The van der Waals surface area contributed by atoms with E-state index in [1.807, 2.05) is 6.92 Å². The summed E-state index contributed by atoms with van der Waals surface area (Å²) in [7, 11) is 1.73. The summed E-state index contributed by atoms with van der Waals surface area (Å²) in [5.41, 5.74) is 0.560. The first kappa shape index (κ1) is 22.6. The van der Waals surface area contributed by atoms with E-state index in [9.17, 15) is 4.79 Å². The van der Waals surface area contributed by atoms with E-state index in [0.29, 0.717) is 18.7 Å². The zero-order valence-electron chi connectivity index (χ0n) is 14.4. The highest BCUT2D eigenvalue weighted by Crippen LogP contribution is 1.94. The monoisotopic (exact) mass is 449 g/mol. The Kier molecular flexibility index (Phi) is 14.2. The van der Waals surface area contributed by atoms with Crippen molar-refractivity contribution in [1.82, 2.24) is 20.9 Å². The van der Waals surface area contributed by atoms with Gasteiger partial charge in [0.05, 0.1) is 5.56 Å². The highest BCUT2D eigenvalue weighted by Gasteiger charge is 2.03. The van der Waals surface area contributed by atoms with Gasteiger partial charge in [0.1, 0.15) is 0 Å². The first-order valence-electron chi connectivity index (χ1n) is 7.98. The topological polar surface area (TPSA) is 87.6 Å². The molecule has 8 heteroatoms. The molecular weight excluding hydrogens is 421 g/mol. The second kappa shape index (κ2) is 15.1. The Morgan fingerprint density at radius 2 is 1.96 bits per heavy atom. The summed E-state index contributed by atoms with van der Waals surface area (Å²) >= 11 is 0. The minimum atomic E-state index is -0.126. The molecule has 0 atom stereocenters. The summed E-state index contributed by atoms with van der Waals surface area (Å²) < 4.78 is 5.29. The Hall–Kier alpha value is -1.42. The molecule has 1 amide bonds. The molecule has 3 N–H and O–H groups in total. The van der Waals surface area contributed by atoms with Crippen LogP contribution in [0, 0.1) is 0 Å². The number of guanidine groups is 1. The second-order valence-corrected chi connectivity index (χ2v) is 4.83. The Bertz CT molecular complexity index is 471. The third kappa shape index (κ3) is 10.4. The van der Waals surface area contributed by atoms with Crippen molar-refractivity contribution in [1.29, 1.82) is 0 Å². The van der Waals surface area contributed by atoms with Crippen molar-refractivity contribution in [3.63, 3.8) is 0 Å². The van der Waals surface area contributed by atoms with Crippen LogP contribution in [0.25, 0.3) is 0 Å². The zero-order chi connectivity index (χ0) is 16.8. The quantitative estimate of drug-likeness (QED) is 0.218. The highest BCUT2D eigenvalue weighted by molar-refractivity contribution is 14.0. The van der Waals surface area contributed by atoms with Gasteiger partial charge in [0, 0.05) is 52.3 Å². The van der Waals surface area contributed by atoms with E-state index in [-0.39, 0.29) is 29.9 Å². The number of nitrogens with zero attached hydrogens (tertiary/aromatic N) is 2. The number of rotatable bonds is 10. The summed E-state index contributed by atoms with van der Waals surface area (Å²) in [4.78, 5) is 19.9. The van der Waals surface area contributed by atoms with Crippen molar-refractivity contribution in [2.75, 3.05) is 39.9 Å². The summed E-state index contributed by atoms with van der Waals surface area (Å²) in [5, 5.41) is 9.21. The van der Waals surface area contributed by atoms with E-state index >= 15 is 0 Å². The van der Waals surface area contributed by atoms with E-state index in [1.165, 1.54) is 0 Å². The molecule has 0 aliphatic heterocycles.